The van der Waals surface area contributed by atoms with Crippen LogP contribution in [0.15, 0.2) is 47.4 Å². The van der Waals surface area contributed by atoms with Gasteiger partial charge >= 0.3 is 0 Å². The standard InChI is InChI=1S/C20H23N3O4S2/c1-4-23(5-2)29(25,26)16-9-10-17-18(12-16)28-20(21-17)22-19(24)13-27-15-8-6-7-14(3)11-15/h6-12H,4-5,13H2,1-3H3,(H,21,22,24). The molecule has 0 fully saturated rings. The second-order valence-corrected chi connectivity index (χ2v) is 9.36. The Balaban J connectivity index is 1.72. The highest BCUT2D eigenvalue weighted by molar-refractivity contribution is 7.89. The molecule has 0 aliphatic rings. The third kappa shape index (κ3) is 4.92. The van der Waals surface area contributed by atoms with Gasteiger partial charge in [-0.1, -0.05) is 37.3 Å². The van der Waals surface area contributed by atoms with Crippen molar-refractivity contribution in [2.45, 2.75) is 25.7 Å². The Kier molecular flexibility index (Phi) is 6.51. The van der Waals surface area contributed by atoms with Crippen molar-refractivity contribution in [1.82, 2.24) is 9.29 Å². The molecule has 0 unspecified atom stereocenters. The van der Waals surface area contributed by atoms with Crippen LogP contribution in [-0.2, 0) is 14.8 Å². The van der Waals surface area contributed by atoms with Crippen molar-refractivity contribution in [3.8, 4) is 5.75 Å². The molecule has 1 N–H and O–H groups in total. The third-order valence-electron chi connectivity index (χ3n) is 4.31. The Morgan fingerprint density at radius 3 is 2.62 bits per heavy atom. The number of carbonyl (C=O) groups is 1. The van der Waals surface area contributed by atoms with Gasteiger partial charge in [-0.2, -0.15) is 4.31 Å². The van der Waals surface area contributed by atoms with Crippen molar-refractivity contribution in [3.63, 3.8) is 0 Å². The number of carbonyl (C=O) groups excluding carboxylic acids is 1. The number of nitrogens with one attached hydrogen (secondary N) is 1. The average Bonchev–Trinajstić information content (AvgIpc) is 3.08. The zero-order valence-corrected chi connectivity index (χ0v) is 18.1. The molecule has 7 nitrogen and oxygen atoms in total. The smallest absolute Gasteiger partial charge is 0.264 e. The van der Waals surface area contributed by atoms with Crippen LogP contribution in [0.25, 0.3) is 10.2 Å². The maximum Gasteiger partial charge on any atom is 0.264 e. The first-order chi connectivity index (χ1) is 13.8. The average molecular weight is 434 g/mol. The fourth-order valence-electron chi connectivity index (χ4n) is 2.84. The summed E-state index contributed by atoms with van der Waals surface area (Å²) < 4.78 is 33.0. The summed E-state index contributed by atoms with van der Waals surface area (Å²) in [6.45, 7) is 6.23. The number of anilines is 1. The molecule has 0 atom stereocenters. The molecule has 1 aromatic heterocycles. The number of hydrogen-bond acceptors (Lipinski definition) is 6. The molecular formula is C20H23N3O4S2. The fourth-order valence-corrected chi connectivity index (χ4v) is 5.32. The zero-order valence-electron chi connectivity index (χ0n) is 16.5. The maximum absolute atomic E-state index is 12.7. The van der Waals surface area contributed by atoms with Crippen LogP contribution >= 0.6 is 11.3 Å². The third-order valence-corrected chi connectivity index (χ3v) is 7.29. The zero-order chi connectivity index (χ0) is 21.0. The summed E-state index contributed by atoms with van der Waals surface area (Å²) >= 11 is 1.23. The minimum Gasteiger partial charge on any atom is -0.484 e. The van der Waals surface area contributed by atoms with Gasteiger partial charge in [0.1, 0.15) is 5.75 Å². The van der Waals surface area contributed by atoms with Crippen LogP contribution in [0, 0.1) is 6.92 Å². The molecular weight excluding hydrogens is 410 g/mol. The molecule has 0 saturated carbocycles. The highest BCUT2D eigenvalue weighted by Crippen LogP contribution is 2.29. The van der Waals surface area contributed by atoms with E-state index in [-0.39, 0.29) is 17.4 Å². The van der Waals surface area contributed by atoms with Crippen LogP contribution in [0.1, 0.15) is 19.4 Å². The van der Waals surface area contributed by atoms with E-state index in [4.69, 9.17) is 4.74 Å². The second kappa shape index (κ2) is 8.89. The molecule has 0 saturated heterocycles. The van der Waals surface area contributed by atoms with Crippen LogP contribution in [0.5, 0.6) is 5.75 Å². The first-order valence-electron chi connectivity index (χ1n) is 9.23. The van der Waals surface area contributed by atoms with Crippen molar-refractivity contribution < 1.29 is 17.9 Å². The van der Waals surface area contributed by atoms with E-state index in [1.807, 2.05) is 25.1 Å². The molecule has 0 radical (unpaired) electrons. The molecule has 3 aromatic rings. The molecule has 0 aliphatic carbocycles. The number of rotatable bonds is 8. The monoisotopic (exact) mass is 433 g/mol. The molecule has 2 aromatic carbocycles. The summed E-state index contributed by atoms with van der Waals surface area (Å²) in [6, 6.07) is 12.2. The quantitative estimate of drug-likeness (QED) is 0.586. The number of hydrogen-bond donors (Lipinski definition) is 1. The summed E-state index contributed by atoms with van der Waals surface area (Å²) in [5, 5.41) is 3.10. The predicted molar refractivity (Wildman–Crippen MR) is 115 cm³/mol. The fraction of sp³-hybridized carbons (Fsp3) is 0.300. The lowest BCUT2D eigenvalue weighted by Crippen LogP contribution is -2.30. The summed E-state index contributed by atoms with van der Waals surface area (Å²) in [6.07, 6.45) is 0. The minimum atomic E-state index is -3.54. The number of amides is 1. The number of fused-ring (bicyclic) bond motifs is 1. The van der Waals surface area contributed by atoms with Crippen molar-refractivity contribution in [3.05, 3.63) is 48.0 Å². The summed E-state index contributed by atoms with van der Waals surface area (Å²) in [5.74, 6) is 0.289. The number of sulfonamides is 1. The van der Waals surface area contributed by atoms with Crippen molar-refractivity contribution in [2.75, 3.05) is 25.0 Å². The van der Waals surface area contributed by atoms with Gasteiger partial charge in [0, 0.05) is 13.1 Å². The van der Waals surface area contributed by atoms with Crippen LogP contribution in [0.4, 0.5) is 5.13 Å². The number of aryl methyl sites for hydroxylation is 1. The number of aromatic nitrogens is 1. The Bertz CT molecular complexity index is 1120. The van der Waals surface area contributed by atoms with E-state index >= 15 is 0 Å². The predicted octanol–water partition coefficient (Wildman–Crippen LogP) is 3.65. The lowest BCUT2D eigenvalue weighted by molar-refractivity contribution is -0.118. The Hall–Kier alpha value is -2.49. The number of ether oxygens (including phenoxy) is 1. The number of benzene rings is 2. The number of thiazole rings is 1. The van der Waals surface area contributed by atoms with Gasteiger partial charge in [-0.15, -0.1) is 0 Å². The van der Waals surface area contributed by atoms with Gasteiger partial charge in [0.2, 0.25) is 10.0 Å². The lowest BCUT2D eigenvalue weighted by atomic mass is 10.2. The summed E-state index contributed by atoms with van der Waals surface area (Å²) in [4.78, 5) is 16.7. The molecule has 0 bridgehead atoms. The largest absolute Gasteiger partial charge is 0.484 e. The van der Waals surface area contributed by atoms with Gasteiger partial charge < -0.3 is 4.74 Å². The van der Waals surface area contributed by atoms with Crippen LogP contribution in [-0.4, -0.2) is 43.3 Å². The highest BCUT2D eigenvalue weighted by Gasteiger charge is 2.22. The molecule has 154 valence electrons. The lowest BCUT2D eigenvalue weighted by Gasteiger charge is -2.18. The van der Waals surface area contributed by atoms with E-state index in [2.05, 4.69) is 10.3 Å². The van der Waals surface area contributed by atoms with Gasteiger partial charge in [0.15, 0.2) is 11.7 Å². The molecule has 0 spiro atoms. The van der Waals surface area contributed by atoms with Crippen molar-refractivity contribution in [2.24, 2.45) is 0 Å². The van der Waals surface area contributed by atoms with Gasteiger partial charge in [-0.3, -0.25) is 10.1 Å². The van der Waals surface area contributed by atoms with E-state index in [9.17, 15) is 13.2 Å². The van der Waals surface area contributed by atoms with Crippen molar-refractivity contribution in [1.29, 1.82) is 0 Å². The van der Waals surface area contributed by atoms with Crippen LogP contribution in [0.3, 0.4) is 0 Å². The van der Waals surface area contributed by atoms with E-state index in [1.165, 1.54) is 15.6 Å². The van der Waals surface area contributed by atoms with E-state index in [0.717, 1.165) is 5.56 Å². The van der Waals surface area contributed by atoms with E-state index in [0.29, 0.717) is 34.2 Å². The Morgan fingerprint density at radius 1 is 1.17 bits per heavy atom. The van der Waals surface area contributed by atoms with Gasteiger partial charge in [-0.25, -0.2) is 13.4 Å². The molecule has 1 heterocycles. The van der Waals surface area contributed by atoms with Crippen molar-refractivity contribution >= 4 is 42.6 Å². The topological polar surface area (TPSA) is 88.6 Å². The second-order valence-electron chi connectivity index (χ2n) is 6.39. The van der Waals surface area contributed by atoms with Gasteiger partial charge in [0.05, 0.1) is 15.1 Å². The van der Waals surface area contributed by atoms with Gasteiger partial charge in [0.25, 0.3) is 5.91 Å². The number of nitrogens with zero attached hydrogens (tertiary/aromatic N) is 2. The first kappa shape index (κ1) is 21.2. The normalized spacial score (nSPS) is 11.7. The Morgan fingerprint density at radius 2 is 1.93 bits per heavy atom. The van der Waals surface area contributed by atoms with Crippen LogP contribution < -0.4 is 10.1 Å². The first-order valence-corrected chi connectivity index (χ1v) is 11.5. The van der Waals surface area contributed by atoms with E-state index < -0.39 is 10.0 Å². The summed E-state index contributed by atoms with van der Waals surface area (Å²) in [7, 11) is -3.54. The molecule has 29 heavy (non-hydrogen) atoms. The highest BCUT2D eigenvalue weighted by atomic mass is 32.2. The van der Waals surface area contributed by atoms with E-state index in [1.54, 1.807) is 38.1 Å². The van der Waals surface area contributed by atoms with Crippen LogP contribution in [0.2, 0.25) is 0 Å². The van der Waals surface area contributed by atoms with Gasteiger partial charge in [-0.05, 0) is 42.8 Å². The SMILES string of the molecule is CCN(CC)S(=O)(=O)c1ccc2nc(NC(=O)COc3cccc(C)c3)sc2c1. The molecule has 0 aliphatic heterocycles. The maximum atomic E-state index is 12.7. The minimum absolute atomic E-state index is 0.138. The Labute approximate surface area is 174 Å². The molecule has 9 heteroatoms. The molecule has 3 rings (SSSR count). The molecule has 1 amide bonds. The summed E-state index contributed by atoms with van der Waals surface area (Å²) in [5.41, 5.74) is 1.67.